The summed E-state index contributed by atoms with van der Waals surface area (Å²) in [5, 5.41) is 0. The Morgan fingerprint density at radius 1 is 1.42 bits per heavy atom. The van der Waals surface area contributed by atoms with E-state index in [-0.39, 0.29) is 6.04 Å². The lowest BCUT2D eigenvalue weighted by molar-refractivity contribution is 0.151. The summed E-state index contributed by atoms with van der Waals surface area (Å²) < 4.78 is 5.49. The molecule has 0 saturated carbocycles. The molecule has 0 aromatic heterocycles. The molecule has 2 atom stereocenters. The minimum atomic E-state index is 0.0726. The summed E-state index contributed by atoms with van der Waals surface area (Å²) in [5.41, 5.74) is 8.42. The SMILES string of the molecule is COc1ccc(C(C)N)cc1CN1CCCCC1C. The zero-order valence-electron chi connectivity index (χ0n) is 12.4. The zero-order valence-corrected chi connectivity index (χ0v) is 12.4. The number of nitrogens with zero attached hydrogens (tertiary/aromatic N) is 1. The molecule has 19 heavy (non-hydrogen) atoms. The van der Waals surface area contributed by atoms with Crippen molar-refractivity contribution in [2.75, 3.05) is 13.7 Å². The average molecular weight is 262 g/mol. The van der Waals surface area contributed by atoms with E-state index in [0.717, 1.165) is 12.3 Å². The highest BCUT2D eigenvalue weighted by Gasteiger charge is 2.19. The van der Waals surface area contributed by atoms with Crippen LogP contribution in [0.5, 0.6) is 5.75 Å². The third-order valence-electron chi connectivity index (χ3n) is 4.14. The smallest absolute Gasteiger partial charge is 0.123 e. The fourth-order valence-corrected chi connectivity index (χ4v) is 2.82. The van der Waals surface area contributed by atoms with Gasteiger partial charge in [0.25, 0.3) is 0 Å². The van der Waals surface area contributed by atoms with Gasteiger partial charge in [-0.15, -0.1) is 0 Å². The number of likely N-dealkylation sites (tertiary alicyclic amines) is 1. The average Bonchev–Trinajstić information content (AvgIpc) is 2.41. The zero-order chi connectivity index (χ0) is 13.8. The van der Waals surface area contributed by atoms with Gasteiger partial charge in [-0.1, -0.05) is 12.5 Å². The van der Waals surface area contributed by atoms with Gasteiger partial charge in [-0.05, 0) is 50.9 Å². The van der Waals surface area contributed by atoms with Gasteiger partial charge in [0, 0.05) is 24.2 Å². The molecule has 0 spiro atoms. The van der Waals surface area contributed by atoms with E-state index in [4.69, 9.17) is 10.5 Å². The van der Waals surface area contributed by atoms with E-state index in [9.17, 15) is 0 Å². The Bertz CT molecular complexity index is 417. The number of hydrogen-bond donors (Lipinski definition) is 1. The summed E-state index contributed by atoms with van der Waals surface area (Å²) in [7, 11) is 1.74. The topological polar surface area (TPSA) is 38.5 Å². The molecule has 1 aromatic carbocycles. The van der Waals surface area contributed by atoms with Crippen LogP contribution >= 0.6 is 0 Å². The van der Waals surface area contributed by atoms with Crippen molar-refractivity contribution in [2.45, 2.75) is 51.7 Å². The number of nitrogens with two attached hydrogens (primary N) is 1. The predicted octanol–water partition coefficient (Wildman–Crippen LogP) is 3.09. The van der Waals surface area contributed by atoms with Gasteiger partial charge in [-0.2, -0.15) is 0 Å². The summed E-state index contributed by atoms with van der Waals surface area (Å²) >= 11 is 0. The number of benzene rings is 1. The number of hydrogen-bond acceptors (Lipinski definition) is 3. The maximum Gasteiger partial charge on any atom is 0.123 e. The van der Waals surface area contributed by atoms with E-state index in [1.165, 1.54) is 36.9 Å². The van der Waals surface area contributed by atoms with Crippen molar-refractivity contribution in [3.63, 3.8) is 0 Å². The first-order chi connectivity index (χ1) is 9.11. The minimum absolute atomic E-state index is 0.0726. The van der Waals surface area contributed by atoms with Crippen LogP contribution in [0.15, 0.2) is 18.2 Å². The van der Waals surface area contributed by atoms with Gasteiger partial charge in [-0.25, -0.2) is 0 Å². The van der Waals surface area contributed by atoms with E-state index in [2.05, 4.69) is 24.0 Å². The van der Waals surface area contributed by atoms with Crippen LogP contribution in [0.3, 0.4) is 0 Å². The molecule has 3 heteroatoms. The van der Waals surface area contributed by atoms with Crippen molar-refractivity contribution in [3.8, 4) is 5.75 Å². The van der Waals surface area contributed by atoms with Crippen molar-refractivity contribution in [3.05, 3.63) is 29.3 Å². The van der Waals surface area contributed by atoms with E-state index in [0.29, 0.717) is 6.04 Å². The second kappa shape index (κ2) is 6.40. The largest absolute Gasteiger partial charge is 0.496 e. The fourth-order valence-electron chi connectivity index (χ4n) is 2.82. The molecule has 2 N–H and O–H groups in total. The summed E-state index contributed by atoms with van der Waals surface area (Å²) in [6.45, 7) is 6.49. The van der Waals surface area contributed by atoms with E-state index in [1.807, 2.05) is 13.0 Å². The number of methoxy groups -OCH3 is 1. The molecule has 0 radical (unpaired) electrons. The molecule has 1 fully saturated rings. The molecule has 1 saturated heterocycles. The first-order valence-corrected chi connectivity index (χ1v) is 7.28. The van der Waals surface area contributed by atoms with Gasteiger partial charge in [0.05, 0.1) is 7.11 Å². The Kier molecular flexibility index (Phi) is 4.83. The molecule has 0 amide bonds. The van der Waals surface area contributed by atoms with Crippen LogP contribution in [0.25, 0.3) is 0 Å². The lowest BCUT2D eigenvalue weighted by Gasteiger charge is -2.33. The predicted molar refractivity (Wildman–Crippen MR) is 79.3 cm³/mol. The Hall–Kier alpha value is -1.06. The summed E-state index contributed by atoms with van der Waals surface area (Å²) in [5.74, 6) is 0.974. The highest BCUT2D eigenvalue weighted by atomic mass is 16.5. The Morgan fingerprint density at radius 2 is 2.21 bits per heavy atom. The van der Waals surface area contributed by atoms with E-state index < -0.39 is 0 Å². The molecule has 0 bridgehead atoms. The number of piperidine rings is 1. The van der Waals surface area contributed by atoms with Gasteiger partial charge in [-0.3, -0.25) is 4.90 Å². The fraction of sp³-hybridized carbons (Fsp3) is 0.625. The van der Waals surface area contributed by atoms with Crippen molar-refractivity contribution in [1.29, 1.82) is 0 Å². The van der Waals surface area contributed by atoms with Crippen molar-refractivity contribution in [2.24, 2.45) is 5.73 Å². The quantitative estimate of drug-likeness (QED) is 0.906. The van der Waals surface area contributed by atoms with Crippen LogP contribution in [0.4, 0.5) is 0 Å². The van der Waals surface area contributed by atoms with Crippen LogP contribution < -0.4 is 10.5 Å². The third-order valence-corrected chi connectivity index (χ3v) is 4.14. The number of rotatable bonds is 4. The minimum Gasteiger partial charge on any atom is -0.496 e. The summed E-state index contributed by atoms with van der Waals surface area (Å²) in [6, 6.07) is 7.04. The molecule has 0 aliphatic carbocycles. The maximum atomic E-state index is 5.98. The number of ether oxygens (including phenoxy) is 1. The second-order valence-corrected chi connectivity index (χ2v) is 5.68. The van der Waals surface area contributed by atoms with Crippen molar-refractivity contribution >= 4 is 0 Å². The Balaban J connectivity index is 2.19. The molecule has 106 valence electrons. The van der Waals surface area contributed by atoms with Crippen LogP contribution in [0.2, 0.25) is 0 Å². The summed E-state index contributed by atoms with van der Waals surface area (Å²) in [6.07, 6.45) is 3.96. The first kappa shape index (κ1) is 14.4. The molecular formula is C16H26N2O. The first-order valence-electron chi connectivity index (χ1n) is 7.28. The Labute approximate surface area is 116 Å². The van der Waals surface area contributed by atoms with E-state index >= 15 is 0 Å². The lowest BCUT2D eigenvalue weighted by atomic mass is 10.0. The van der Waals surface area contributed by atoms with E-state index in [1.54, 1.807) is 7.11 Å². The van der Waals surface area contributed by atoms with Gasteiger partial charge in [0.2, 0.25) is 0 Å². The van der Waals surface area contributed by atoms with Crippen LogP contribution in [-0.2, 0) is 6.54 Å². The molecular weight excluding hydrogens is 236 g/mol. The molecule has 1 aliphatic rings. The van der Waals surface area contributed by atoms with Crippen molar-refractivity contribution in [1.82, 2.24) is 4.90 Å². The van der Waals surface area contributed by atoms with Crippen LogP contribution in [-0.4, -0.2) is 24.6 Å². The molecule has 2 unspecified atom stereocenters. The van der Waals surface area contributed by atoms with Gasteiger partial charge in [0.1, 0.15) is 5.75 Å². The van der Waals surface area contributed by atoms with Crippen LogP contribution in [0, 0.1) is 0 Å². The Morgan fingerprint density at radius 3 is 2.84 bits per heavy atom. The van der Waals surface area contributed by atoms with Crippen molar-refractivity contribution < 1.29 is 4.74 Å². The highest BCUT2D eigenvalue weighted by Crippen LogP contribution is 2.26. The van der Waals surface area contributed by atoms with Gasteiger partial charge >= 0.3 is 0 Å². The summed E-state index contributed by atoms with van der Waals surface area (Å²) in [4.78, 5) is 2.55. The third kappa shape index (κ3) is 3.48. The standard InChI is InChI=1S/C16H26N2O/c1-12-6-4-5-9-18(12)11-15-10-14(13(2)17)7-8-16(15)19-3/h7-8,10,12-13H,4-6,9,11,17H2,1-3H3. The van der Waals surface area contributed by atoms with Gasteiger partial charge < -0.3 is 10.5 Å². The molecule has 3 nitrogen and oxygen atoms in total. The lowest BCUT2D eigenvalue weighted by Crippen LogP contribution is -2.36. The molecule has 1 aliphatic heterocycles. The highest BCUT2D eigenvalue weighted by molar-refractivity contribution is 5.38. The monoisotopic (exact) mass is 262 g/mol. The maximum absolute atomic E-state index is 5.98. The second-order valence-electron chi connectivity index (χ2n) is 5.68. The molecule has 1 aromatic rings. The van der Waals surface area contributed by atoms with Gasteiger partial charge in [0.15, 0.2) is 0 Å². The van der Waals surface area contributed by atoms with Crippen LogP contribution in [0.1, 0.15) is 50.3 Å². The molecule has 2 rings (SSSR count). The normalized spacial score (nSPS) is 22.2. The molecule has 1 heterocycles.